The van der Waals surface area contributed by atoms with Crippen LogP contribution in [0.4, 0.5) is 5.69 Å². The lowest BCUT2D eigenvalue weighted by molar-refractivity contribution is -0.384. The molecule has 37 heavy (non-hydrogen) atoms. The number of nitro groups is 1. The topological polar surface area (TPSA) is 138 Å². The van der Waals surface area contributed by atoms with Crippen LogP contribution >= 0.6 is 0 Å². The molecule has 1 unspecified atom stereocenters. The first kappa shape index (κ1) is 27.5. The molecule has 0 saturated carbocycles. The lowest BCUT2D eigenvalue weighted by Crippen LogP contribution is -2.36. The molecule has 3 rings (SSSR count). The normalized spacial score (nSPS) is 17.1. The number of allylic oxidation sites excluding steroid dienone is 1. The molecule has 1 heterocycles. The van der Waals surface area contributed by atoms with E-state index < -0.39 is 28.7 Å². The molecule has 0 aliphatic carbocycles. The fourth-order valence-electron chi connectivity index (χ4n) is 4.30. The SMILES string of the molecule is COC(=O)C1C(C)=NC(C)=C(C(=O)OCCCOc2ccc(CCO)cc2)[C@@H]1c1cccc([N+](=O)[O-])c1. The second-order valence-electron chi connectivity index (χ2n) is 8.54. The van der Waals surface area contributed by atoms with Crippen molar-refractivity contribution in [3.63, 3.8) is 0 Å². The summed E-state index contributed by atoms with van der Waals surface area (Å²) in [6.07, 6.45) is 0.990. The summed E-state index contributed by atoms with van der Waals surface area (Å²) in [4.78, 5) is 41.1. The highest BCUT2D eigenvalue weighted by atomic mass is 16.6. The van der Waals surface area contributed by atoms with Crippen molar-refractivity contribution < 1.29 is 33.8 Å². The van der Waals surface area contributed by atoms with Crippen LogP contribution in [-0.2, 0) is 25.5 Å². The second-order valence-corrected chi connectivity index (χ2v) is 8.54. The number of hydrogen-bond acceptors (Lipinski definition) is 9. The van der Waals surface area contributed by atoms with E-state index in [2.05, 4.69) is 4.99 Å². The Hall–Kier alpha value is -4.05. The number of nitro benzene ring substituents is 1. The van der Waals surface area contributed by atoms with Crippen molar-refractivity contribution in [1.82, 2.24) is 0 Å². The van der Waals surface area contributed by atoms with E-state index in [4.69, 9.17) is 19.3 Å². The highest BCUT2D eigenvalue weighted by molar-refractivity contribution is 6.07. The molecule has 0 bridgehead atoms. The maximum Gasteiger partial charge on any atom is 0.336 e. The Kier molecular flexibility index (Phi) is 9.51. The number of benzene rings is 2. The number of non-ortho nitro benzene ring substituents is 1. The van der Waals surface area contributed by atoms with E-state index in [9.17, 15) is 19.7 Å². The first-order chi connectivity index (χ1) is 17.8. The van der Waals surface area contributed by atoms with Crippen LogP contribution < -0.4 is 4.74 Å². The summed E-state index contributed by atoms with van der Waals surface area (Å²) in [5.41, 5.74) is 2.23. The van der Waals surface area contributed by atoms with Crippen molar-refractivity contribution >= 4 is 23.3 Å². The zero-order valence-electron chi connectivity index (χ0n) is 21.0. The van der Waals surface area contributed by atoms with Gasteiger partial charge >= 0.3 is 11.9 Å². The van der Waals surface area contributed by atoms with Crippen molar-refractivity contribution in [1.29, 1.82) is 0 Å². The first-order valence-corrected chi connectivity index (χ1v) is 11.8. The van der Waals surface area contributed by atoms with Gasteiger partial charge in [-0.1, -0.05) is 24.3 Å². The van der Waals surface area contributed by atoms with Crippen molar-refractivity contribution in [3.05, 3.63) is 81.0 Å². The summed E-state index contributed by atoms with van der Waals surface area (Å²) < 4.78 is 16.2. The van der Waals surface area contributed by atoms with Gasteiger partial charge in [0.1, 0.15) is 11.7 Å². The Bertz CT molecular complexity index is 1200. The summed E-state index contributed by atoms with van der Waals surface area (Å²) in [7, 11) is 1.24. The van der Waals surface area contributed by atoms with E-state index >= 15 is 0 Å². The molecule has 0 fully saturated rings. The van der Waals surface area contributed by atoms with Crippen LogP contribution in [0.5, 0.6) is 5.75 Å². The molecule has 10 nitrogen and oxygen atoms in total. The van der Waals surface area contributed by atoms with Gasteiger partial charge in [0.15, 0.2) is 0 Å². The van der Waals surface area contributed by atoms with Gasteiger partial charge in [-0.15, -0.1) is 0 Å². The number of hydrogen-bond donors (Lipinski definition) is 1. The van der Waals surface area contributed by atoms with E-state index in [1.54, 1.807) is 19.9 Å². The third-order valence-electron chi connectivity index (χ3n) is 6.06. The van der Waals surface area contributed by atoms with Crippen LogP contribution in [0.25, 0.3) is 0 Å². The molecule has 0 radical (unpaired) electrons. The molecule has 1 aliphatic heterocycles. The number of carbonyl (C=O) groups is 2. The molecule has 10 heteroatoms. The van der Waals surface area contributed by atoms with E-state index in [1.165, 1.54) is 25.3 Å². The number of aliphatic hydroxyl groups is 1. The Morgan fingerprint density at radius 2 is 1.84 bits per heavy atom. The summed E-state index contributed by atoms with van der Waals surface area (Å²) in [5.74, 6) is -2.39. The van der Waals surface area contributed by atoms with Crippen LogP contribution in [0, 0.1) is 16.0 Å². The van der Waals surface area contributed by atoms with Gasteiger partial charge in [-0.2, -0.15) is 0 Å². The molecule has 0 aromatic heterocycles. The zero-order chi connectivity index (χ0) is 26.9. The van der Waals surface area contributed by atoms with Crippen LogP contribution in [0.3, 0.4) is 0 Å². The standard InChI is InChI=1S/C27H30N2O8/c1-17-23(26(31)35-3)25(20-6-4-7-21(16-20)29(33)34)24(18(2)28-17)27(32)37-15-5-14-36-22-10-8-19(9-11-22)12-13-30/h4,6-11,16,23,25,30H,5,12-15H2,1-3H3/t23?,25-/m1/s1. The summed E-state index contributed by atoms with van der Waals surface area (Å²) in [6, 6.07) is 13.2. The number of methoxy groups -OCH3 is 1. The lowest BCUT2D eigenvalue weighted by atomic mass is 9.75. The molecular weight excluding hydrogens is 480 g/mol. The summed E-state index contributed by atoms with van der Waals surface area (Å²) >= 11 is 0. The smallest absolute Gasteiger partial charge is 0.336 e. The van der Waals surface area contributed by atoms with Crippen LogP contribution in [0.15, 0.2) is 64.8 Å². The quantitative estimate of drug-likeness (QED) is 0.209. The van der Waals surface area contributed by atoms with Crippen molar-refractivity contribution in [2.75, 3.05) is 26.9 Å². The van der Waals surface area contributed by atoms with E-state index in [0.717, 1.165) is 5.56 Å². The summed E-state index contributed by atoms with van der Waals surface area (Å²) in [6.45, 7) is 3.74. The number of carbonyl (C=O) groups excluding carboxylic acids is 2. The maximum atomic E-state index is 13.2. The predicted octanol–water partition coefficient (Wildman–Crippen LogP) is 3.76. The monoisotopic (exact) mass is 510 g/mol. The Balaban J connectivity index is 1.73. The van der Waals surface area contributed by atoms with Gasteiger partial charge in [0.2, 0.25) is 0 Å². The van der Waals surface area contributed by atoms with Gasteiger partial charge in [0.25, 0.3) is 5.69 Å². The number of aliphatic hydroxyl groups excluding tert-OH is 1. The second kappa shape index (κ2) is 12.8. The largest absolute Gasteiger partial charge is 0.493 e. The number of rotatable bonds is 11. The Morgan fingerprint density at radius 1 is 1.11 bits per heavy atom. The molecule has 1 N–H and O–H groups in total. The van der Waals surface area contributed by atoms with E-state index in [-0.39, 0.29) is 24.5 Å². The average molecular weight is 511 g/mol. The molecule has 1 aliphatic rings. The van der Waals surface area contributed by atoms with Gasteiger partial charge in [-0.3, -0.25) is 19.9 Å². The van der Waals surface area contributed by atoms with Crippen LogP contribution in [0.2, 0.25) is 0 Å². The molecule has 2 aromatic rings. The number of ether oxygens (including phenoxy) is 3. The number of aliphatic imine (C=N–C) groups is 1. The highest BCUT2D eigenvalue weighted by Gasteiger charge is 2.42. The lowest BCUT2D eigenvalue weighted by Gasteiger charge is -2.31. The van der Waals surface area contributed by atoms with Gasteiger partial charge < -0.3 is 19.3 Å². The first-order valence-electron chi connectivity index (χ1n) is 11.8. The minimum atomic E-state index is -0.935. The summed E-state index contributed by atoms with van der Waals surface area (Å²) in [5, 5.41) is 20.4. The van der Waals surface area contributed by atoms with Crippen LogP contribution in [-0.4, -0.2) is 54.6 Å². The number of esters is 2. The average Bonchev–Trinajstić information content (AvgIpc) is 2.88. The third kappa shape index (κ3) is 6.79. The highest BCUT2D eigenvalue weighted by Crippen LogP contribution is 2.40. The Labute approximate surface area is 214 Å². The van der Waals surface area contributed by atoms with Gasteiger partial charge in [-0.05, 0) is 43.5 Å². The minimum absolute atomic E-state index is 0.0610. The van der Waals surface area contributed by atoms with Gasteiger partial charge in [0.05, 0.1) is 30.8 Å². The van der Waals surface area contributed by atoms with E-state index in [0.29, 0.717) is 42.2 Å². The molecule has 2 aromatic carbocycles. The third-order valence-corrected chi connectivity index (χ3v) is 6.06. The predicted molar refractivity (Wildman–Crippen MR) is 135 cm³/mol. The minimum Gasteiger partial charge on any atom is -0.493 e. The molecule has 0 saturated heterocycles. The van der Waals surface area contributed by atoms with Crippen LogP contribution in [0.1, 0.15) is 37.3 Å². The molecule has 196 valence electrons. The fraction of sp³-hybridized carbons (Fsp3) is 0.370. The molecule has 2 atom stereocenters. The van der Waals surface area contributed by atoms with Crippen molar-refractivity contribution in [2.45, 2.75) is 32.6 Å². The Morgan fingerprint density at radius 3 is 2.49 bits per heavy atom. The van der Waals surface area contributed by atoms with Crippen molar-refractivity contribution in [3.8, 4) is 5.75 Å². The number of nitrogens with zero attached hydrogens (tertiary/aromatic N) is 2. The van der Waals surface area contributed by atoms with Gasteiger partial charge in [-0.25, -0.2) is 4.79 Å². The zero-order valence-corrected chi connectivity index (χ0v) is 21.0. The van der Waals surface area contributed by atoms with Crippen molar-refractivity contribution in [2.24, 2.45) is 10.9 Å². The molecular formula is C27H30N2O8. The molecule has 0 amide bonds. The maximum absolute atomic E-state index is 13.2. The fourth-order valence-corrected chi connectivity index (χ4v) is 4.30. The molecule has 0 spiro atoms. The van der Waals surface area contributed by atoms with Gasteiger partial charge in [0, 0.05) is 42.5 Å². The van der Waals surface area contributed by atoms with E-state index in [1.807, 2.05) is 24.3 Å².